The highest BCUT2D eigenvalue weighted by atomic mass is 16.4. The number of rotatable bonds is 5. The predicted octanol–water partition coefficient (Wildman–Crippen LogP) is 8.05. The van der Waals surface area contributed by atoms with Crippen LogP contribution in [0.3, 0.4) is 0 Å². The summed E-state index contributed by atoms with van der Waals surface area (Å²) < 4.78 is 6.05. The summed E-state index contributed by atoms with van der Waals surface area (Å²) in [5.41, 5.74) is 6.56. The van der Waals surface area contributed by atoms with E-state index in [1.807, 2.05) is 66.7 Å². The maximum Gasteiger partial charge on any atom is 0.345 e. The monoisotopic (exact) mass is 469 g/mol. The molecular weight excluding hydrogens is 442 g/mol. The summed E-state index contributed by atoms with van der Waals surface area (Å²) in [6.07, 6.45) is 2.51. The van der Waals surface area contributed by atoms with Crippen LogP contribution in [0.4, 0.5) is 17.1 Å². The van der Waals surface area contributed by atoms with Crippen LogP contribution in [-0.2, 0) is 12.8 Å². The molecule has 0 spiro atoms. The third-order valence-corrected chi connectivity index (χ3v) is 7.04. The van der Waals surface area contributed by atoms with Crippen molar-refractivity contribution in [2.75, 3.05) is 4.90 Å². The van der Waals surface area contributed by atoms with Crippen molar-refractivity contribution in [2.45, 2.75) is 25.2 Å². The zero-order chi connectivity index (χ0) is 24.3. The standard InChI is InChI=1S/C33H27NO2/c35-33-31(25-15-7-2-8-16-25)32(34(27-17-9-3-10-18-27)28-19-11-4-12-20-28)29-23-26(21-22-30(29)36-33)24-13-5-1-6-14-24/h1-20,26H,21-23H2. The van der Waals surface area contributed by atoms with Crippen molar-refractivity contribution in [2.24, 2.45) is 0 Å². The van der Waals surface area contributed by atoms with Crippen LogP contribution in [0.2, 0.25) is 0 Å². The lowest BCUT2D eigenvalue weighted by atomic mass is 9.81. The summed E-state index contributed by atoms with van der Waals surface area (Å²) in [6.45, 7) is 0. The van der Waals surface area contributed by atoms with E-state index in [4.69, 9.17) is 4.42 Å². The second kappa shape index (κ2) is 9.71. The zero-order valence-electron chi connectivity index (χ0n) is 20.0. The Kier molecular flexibility index (Phi) is 5.96. The molecule has 0 fully saturated rings. The van der Waals surface area contributed by atoms with Crippen molar-refractivity contribution in [1.82, 2.24) is 0 Å². The van der Waals surface area contributed by atoms with E-state index in [1.54, 1.807) is 0 Å². The third-order valence-electron chi connectivity index (χ3n) is 7.04. The van der Waals surface area contributed by atoms with Gasteiger partial charge in [-0.1, -0.05) is 97.1 Å². The first-order valence-corrected chi connectivity index (χ1v) is 12.5. The summed E-state index contributed by atoms with van der Waals surface area (Å²) in [6, 6.07) is 41.2. The highest BCUT2D eigenvalue weighted by Gasteiger charge is 2.31. The Labute approximate surface area is 211 Å². The number of hydrogen-bond acceptors (Lipinski definition) is 3. The number of anilines is 3. The molecular formula is C33H27NO2. The van der Waals surface area contributed by atoms with Crippen molar-refractivity contribution in [3.63, 3.8) is 0 Å². The van der Waals surface area contributed by atoms with E-state index in [2.05, 4.69) is 59.5 Å². The summed E-state index contributed by atoms with van der Waals surface area (Å²) in [4.78, 5) is 15.9. The molecule has 0 radical (unpaired) electrons. The maximum atomic E-state index is 13.6. The second-order valence-corrected chi connectivity index (χ2v) is 9.24. The highest BCUT2D eigenvalue weighted by molar-refractivity contribution is 5.89. The lowest BCUT2D eigenvalue weighted by Gasteiger charge is -2.33. The van der Waals surface area contributed by atoms with Gasteiger partial charge in [0.05, 0.1) is 11.3 Å². The van der Waals surface area contributed by atoms with Crippen molar-refractivity contribution in [3.8, 4) is 11.1 Å². The topological polar surface area (TPSA) is 33.5 Å². The average molecular weight is 470 g/mol. The molecule has 6 rings (SSSR count). The van der Waals surface area contributed by atoms with Gasteiger partial charge in [-0.2, -0.15) is 0 Å². The quantitative estimate of drug-likeness (QED) is 0.261. The van der Waals surface area contributed by atoms with Gasteiger partial charge in [0.15, 0.2) is 0 Å². The zero-order valence-corrected chi connectivity index (χ0v) is 20.0. The highest BCUT2D eigenvalue weighted by Crippen LogP contribution is 2.46. The molecule has 0 N–H and O–H groups in total. The van der Waals surface area contributed by atoms with E-state index in [-0.39, 0.29) is 5.63 Å². The Morgan fingerprint density at radius 1 is 0.667 bits per heavy atom. The minimum atomic E-state index is -0.287. The molecule has 176 valence electrons. The van der Waals surface area contributed by atoms with E-state index in [1.165, 1.54) is 5.56 Å². The minimum Gasteiger partial charge on any atom is -0.427 e. The van der Waals surface area contributed by atoms with Crippen molar-refractivity contribution in [3.05, 3.63) is 149 Å². The molecule has 0 bridgehead atoms. The number of aryl methyl sites for hydroxylation is 1. The first-order valence-electron chi connectivity index (χ1n) is 12.5. The molecule has 1 aliphatic carbocycles. The fourth-order valence-electron chi connectivity index (χ4n) is 5.35. The first kappa shape index (κ1) is 22.1. The number of benzene rings is 4. The van der Waals surface area contributed by atoms with Crippen molar-refractivity contribution < 1.29 is 4.42 Å². The third kappa shape index (κ3) is 4.14. The number of hydrogen-bond donors (Lipinski definition) is 0. The fraction of sp³-hybridized carbons (Fsp3) is 0.121. The Balaban J connectivity index is 1.64. The van der Waals surface area contributed by atoms with E-state index >= 15 is 0 Å². The van der Waals surface area contributed by atoms with Crippen LogP contribution in [0.5, 0.6) is 0 Å². The smallest absolute Gasteiger partial charge is 0.345 e. The predicted molar refractivity (Wildman–Crippen MR) is 146 cm³/mol. The molecule has 1 atom stereocenters. The van der Waals surface area contributed by atoms with Crippen LogP contribution in [0.1, 0.15) is 29.2 Å². The summed E-state index contributed by atoms with van der Waals surface area (Å²) in [5.74, 6) is 1.17. The van der Waals surface area contributed by atoms with E-state index in [0.29, 0.717) is 11.5 Å². The maximum absolute atomic E-state index is 13.6. The van der Waals surface area contributed by atoms with Crippen LogP contribution in [0.15, 0.2) is 131 Å². The van der Waals surface area contributed by atoms with Crippen molar-refractivity contribution >= 4 is 17.1 Å². The van der Waals surface area contributed by atoms with Gasteiger partial charge in [0.25, 0.3) is 0 Å². The molecule has 1 aromatic heterocycles. The van der Waals surface area contributed by atoms with Gasteiger partial charge >= 0.3 is 5.63 Å². The lowest BCUT2D eigenvalue weighted by Crippen LogP contribution is -2.23. The van der Waals surface area contributed by atoms with Gasteiger partial charge in [-0.25, -0.2) is 4.79 Å². The van der Waals surface area contributed by atoms with E-state index in [0.717, 1.165) is 53.2 Å². The van der Waals surface area contributed by atoms with Crippen LogP contribution >= 0.6 is 0 Å². The lowest BCUT2D eigenvalue weighted by molar-refractivity contribution is 0.415. The molecule has 3 nitrogen and oxygen atoms in total. The Bertz CT molecular complexity index is 1470. The average Bonchev–Trinajstić information content (AvgIpc) is 2.95. The Morgan fingerprint density at radius 2 is 1.19 bits per heavy atom. The molecule has 1 heterocycles. The van der Waals surface area contributed by atoms with E-state index < -0.39 is 0 Å². The van der Waals surface area contributed by atoms with Crippen LogP contribution in [-0.4, -0.2) is 0 Å². The van der Waals surface area contributed by atoms with Gasteiger partial charge in [-0.15, -0.1) is 0 Å². The molecule has 0 saturated heterocycles. The number of para-hydroxylation sites is 2. The Hall–Kier alpha value is -4.37. The minimum absolute atomic E-state index is 0.287. The SMILES string of the molecule is O=c1oc2c(c(N(c3ccccc3)c3ccccc3)c1-c1ccccc1)CC(c1ccccc1)CC2. The van der Waals surface area contributed by atoms with Gasteiger partial charge in [0, 0.05) is 23.4 Å². The fourth-order valence-corrected chi connectivity index (χ4v) is 5.35. The molecule has 0 saturated carbocycles. The Morgan fingerprint density at radius 3 is 1.78 bits per heavy atom. The first-order chi connectivity index (χ1) is 17.8. The molecule has 1 aliphatic rings. The number of fused-ring (bicyclic) bond motifs is 1. The van der Waals surface area contributed by atoms with Gasteiger partial charge in [0.2, 0.25) is 0 Å². The van der Waals surface area contributed by atoms with Gasteiger partial charge < -0.3 is 9.32 Å². The molecule has 5 aromatic rings. The number of nitrogens with zero attached hydrogens (tertiary/aromatic N) is 1. The molecule has 36 heavy (non-hydrogen) atoms. The second-order valence-electron chi connectivity index (χ2n) is 9.24. The molecule has 0 aliphatic heterocycles. The summed E-state index contributed by atoms with van der Waals surface area (Å²) in [7, 11) is 0. The molecule has 3 heteroatoms. The van der Waals surface area contributed by atoms with Crippen LogP contribution in [0, 0.1) is 0 Å². The van der Waals surface area contributed by atoms with Gasteiger partial charge in [0.1, 0.15) is 5.76 Å². The van der Waals surface area contributed by atoms with Gasteiger partial charge in [-0.3, -0.25) is 0 Å². The van der Waals surface area contributed by atoms with Crippen LogP contribution in [0.25, 0.3) is 11.1 Å². The molecule has 4 aromatic carbocycles. The summed E-state index contributed by atoms with van der Waals surface area (Å²) >= 11 is 0. The molecule has 0 amide bonds. The molecule has 1 unspecified atom stereocenters. The van der Waals surface area contributed by atoms with Gasteiger partial charge in [-0.05, 0) is 54.2 Å². The largest absolute Gasteiger partial charge is 0.427 e. The van der Waals surface area contributed by atoms with E-state index in [9.17, 15) is 4.79 Å². The summed E-state index contributed by atoms with van der Waals surface area (Å²) in [5, 5.41) is 0. The normalized spacial score (nSPS) is 14.7. The van der Waals surface area contributed by atoms with Crippen LogP contribution < -0.4 is 10.5 Å². The van der Waals surface area contributed by atoms with Crippen molar-refractivity contribution in [1.29, 1.82) is 0 Å².